The SMILES string of the molecule is CC(=O)Nc1nc(CSc2nnc(N)n2C(C)C)cs1. The molecule has 0 unspecified atom stereocenters. The summed E-state index contributed by atoms with van der Waals surface area (Å²) in [5, 5.41) is 13.9. The number of amides is 1. The lowest BCUT2D eigenvalue weighted by Gasteiger charge is -2.10. The smallest absolute Gasteiger partial charge is 0.223 e. The highest BCUT2D eigenvalue weighted by Crippen LogP contribution is 2.27. The number of nitrogens with one attached hydrogen (secondary N) is 1. The third-order valence-corrected chi connectivity index (χ3v) is 4.17. The molecule has 3 N–H and O–H groups in total. The van der Waals surface area contributed by atoms with Crippen LogP contribution in [0.4, 0.5) is 11.1 Å². The van der Waals surface area contributed by atoms with E-state index in [0.29, 0.717) is 16.8 Å². The predicted octanol–water partition coefficient (Wildman–Crippen LogP) is 2.15. The van der Waals surface area contributed by atoms with Crippen LogP contribution in [0.15, 0.2) is 10.5 Å². The molecule has 0 saturated carbocycles. The first-order chi connectivity index (χ1) is 9.47. The average Bonchev–Trinajstić information content (AvgIpc) is 2.92. The van der Waals surface area contributed by atoms with Crippen molar-refractivity contribution in [3.05, 3.63) is 11.1 Å². The largest absolute Gasteiger partial charge is 0.368 e. The maximum Gasteiger partial charge on any atom is 0.223 e. The second kappa shape index (κ2) is 6.23. The predicted molar refractivity (Wildman–Crippen MR) is 80.8 cm³/mol. The number of anilines is 2. The molecule has 2 aromatic heterocycles. The molecule has 0 bridgehead atoms. The third kappa shape index (κ3) is 3.48. The minimum atomic E-state index is -0.120. The Morgan fingerprint density at radius 3 is 2.95 bits per heavy atom. The van der Waals surface area contributed by atoms with E-state index < -0.39 is 0 Å². The molecule has 0 radical (unpaired) electrons. The fourth-order valence-corrected chi connectivity index (χ4v) is 3.42. The summed E-state index contributed by atoms with van der Waals surface area (Å²) in [5.41, 5.74) is 6.67. The van der Waals surface area contributed by atoms with E-state index in [-0.39, 0.29) is 11.9 Å². The summed E-state index contributed by atoms with van der Waals surface area (Å²) in [5.74, 6) is 0.951. The first-order valence-corrected chi connectivity index (χ1v) is 7.89. The lowest BCUT2D eigenvalue weighted by molar-refractivity contribution is -0.114. The molecule has 0 aliphatic heterocycles. The zero-order valence-electron chi connectivity index (χ0n) is 11.5. The summed E-state index contributed by atoms with van der Waals surface area (Å²) < 4.78 is 1.88. The summed E-state index contributed by atoms with van der Waals surface area (Å²) >= 11 is 2.93. The molecule has 2 aromatic rings. The first-order valence-electron chi connectivity index (χ1n) is 6.02. The molecule has 9 heteroatoms. The van der Waals surface area contributed by atoms with Crippen LogP contribution in [0, 0.1) is 0 Å². The highest BCUT2D eigenvalue weighted by atomic mass is 32.2. The number of carbonyl (C=O) groups is 1. The van der Waals surface area contributed by atoms with Crippen molar-refractivity contribution in [2.24, 2.45) is 0 Å². The van der Waals surface area contributed by atoms with Crippen LogP contribution < -0.4 is 11.1 Å². The number of nitrogen functional groups attached to an aromatic ring is 1. The number of hydrogen-bond donors (Lipinski definition) is 2. The quantitative estimate of drug-likeness (QED) is 0.821. The van der Waals surface area contributed by atoms with Gasteiger partial charge in [0.1, 0.15) is 0 Å². The zero-order valence-corrected chi connectivity index (χ0v) is 13.1. The summed E-state index contributed by atoms with van der Waals surface area (Å²) in [4.78, 5) is 15.3. The van der Waals surface area contributed by atoms with Crippen LogP contribution in [0.1, 0.15) is 32.5 Å². The second-order valence-corrected chi connectivity index (χ2v) is 6.22. The summed E-state index contributed by atoms with van der Waals surface area (Å²) in [6, 6.07) is 0.206. The van der Waals surface area contributed by atoms with Crippen LogP contribution >= 0.6 is 23.1 Å². The molecule has 0 fully saturated rings. The van der Waals surface area contributed by atoms with E-state index in [1.54, 1.807) is 0 Å². The Bertz CT molecular complexity index is 606. The van der Waals surface area contributed by atoms with Gasteiger partial charge in [-0.3, -0.25) is 9.36 Å². The molecule has 0 spiro atoms. The van der Waals surface area contributed by atoms with Gasteiger partial charge in [-0.05, 0) is 13.8 Å². The monoisotopic (exact) mass is 312 g/mol. The topological polar surface area (TPSA) is 98.7 Å². The number of thioether (sulfide) groups is 1. The highest BCUT2D eigenvalue weighted by molar-refractivity contribution is 7.98. The number of carbonyl (C=O) groups excluding carboxylic acids is 1. The Balaban J connectivity index is 2.02. The minimum Gasteiger partial charge on any atom is -0.368 e. The molecule has 0 saturated heterocycles. The molecule has 0 aromatic carbocycles. The molecule has 1 amide bonds. The Hall–Kier alpha value is -1.61. The number of aromatic nitrogens is 4. The van der Waals surface area contributed by atoms with E-state index in [1.165, 1.54) is 30.0 Å². The van der Waals surface area contributed by atoms with Crippen molar-refractivity contribution in [1.82, 2.24) is 19.7 Å². The van der Waals surface area contributed by atoms with Gasteiger partial charge in [0.05, 0.1) is 5.69 Å². The lowest BCUT2D eigenvalue weighted by Crippen LogP contribution is -2.07. The Labute approximate surface area is 125 Å². The van der Waals surface area contributed by atoms with Crippen molar-refractivity contribution in [3.63, 3.8) is 0 Å². The van der Waals surface area contributed by atoms with Gasteiger partial charge >= 0.3 is 0 Å². The van der Waals surface area contributed by atoms with Gasteiger partial charge in [-0.15, -0.1) is 21.5 Å². The van der Waals surface area contributed by atoms with Crippen molar-refractivity contribution in [1.29, 1.82) is 0 Å². The summed E-state index contributed by atoms with van der Waals surface area (Å²) in [6.45, 7) is 5.52. The molecule has 2 rings (SSSR count). The molecule has 2 heterocycles. The zero-order chi connectivity index (χ0) is 14.7. The van der Waals surface area contributed by atoms with Gasteiger partial charge in [-0.25, -0.2) is 4.98 Å². The fourth-order valence-electron chi connectivity index (χ4n) is 1.59. The lowest BCUT2D eigenvalue weighted by atomic mass is 10.4. The molecular weight excluding hydrogens is 296 g/mol. The molecule has 108 valence electrons. The van der Waals surface area contributed by atoms with Crippen molar-refractivity contribution < 1.29 is 4.79 Å². The second-order valence-electron chi connectivity index (χ2n) is 4.42. The van der Waals surface area contributed by atoms with E-state index in [2.05, 4.69) is 20.5 Å². The molecule has 20 heavy (non-hydrogen) atoms. The Morgan fingerprint density at radius 2 is 2.30 bits per heavy atom. The number of rotatable bonds is 5. The van der Waals surface area contributed by atoms with Crippen LogP contribution in [0.25, 0.3) is 0 Å². The van der Waals surface area contributed by atoms with Gasteiger partial charge in [0.25, 0.3) is 0 Å². The van der Waals surface area contributed by atoms with Crippen molar-refractivity contribution in [2.75, 3.05) is 11.1 Å². The van der Waals surface area contributed by atoms with Crippen molar-refractivity contribution >= 4 is 40.1 Å². The fraction of sp³-hybridized carbons (Fsp3) is 0.455. The maximum atomic E-state index is 10.9. The summed E-state index contributed by atoms with van der Waals surface area (Å²) in [7, 11) is 0. The number of nitrogens with two attached hydrogens (primary N) is 1. The normalized spacial score (nSPS) is 11.0. The van der Waals surface area contributed by atoms with Gasteiger partial charge in [0.15, 0.2) is 10.3 Å². The van der Waals surface area contributed by atoms with Crippen LogP contribution in [0.3, 0.4) is 0 Å². The summed E-state index contributed by atoms with van der Waals surface area (Å²) in [6.07, 6.45) is 0. The van der Waals surface area contributed by atoms with E-state index in [1.807, 2.05) is 23.8 Å². The van der Waals surface area contributed by atoms with Gasteiger partial charge in [0.2, 0.25) is 11.9 Å². The van der Waals surface area contributed by atoms with Crippen LogP contribution in [-0.4, -0.2) is 25.7 Å². The molecule has 0 aliphatic carbocycles. The Kier molecular flexibility index (Phi) is 4.61. The van der Waals surface area contributed by atoms with Crippen molar-refractivity contribution in [2.45, 2.75) is 37.7 Å². The molecule has 0 aliphatic rings. The van der Waals surface area contributed by atoms with Crippen molar-refractivity contribution in [3.8, 4) is 0 Å². The number of thiazole rings is 1. The standard InChI is InChI=1S/C11H16N6OS2/c1-6(2)17-9(12)15-16-11(17)20-5-8-4-19-10(14-8)13-7(3)18/h4,6H,5H2,1-3H3,(H2,12,15)(H,13,14,18). The highest BCUT2D eigenvalue weighted by Gasteiger charge is 2.13. The van der Waals surface area contributed by atoms with Crippen LogP contribution in [-0.2, 0) is 10.5 Å². The van der Waals surface area contributed by atoms with Gasteiger partial charge in [-0.2, -0.15) is 0 Å². The van der Waals surface area contributed by atoms with Gasteiger partial charge in [0, 0.05) is 24.1 Å². The van der Waals surface area contributed by atoms with Crippen LogP contribution in [0.2, 0.25) is 0 Å². The van der Waals surface area contributed by atoms with Crippen LogP contribution in [0.5, 0.6) is 0 Å². The first kappa shape index (κ1) is 14.8. The van der Waals surface area contributed by atoms with Gasteiger partial charge < -0.3 is 11.1 Å². The number of hydrogen-bond acceptors (Lipinski definition) is 7. The molecular formula is C11H16N6OS2. The van der Waals surface area contributed by atoms with Gasteiger partial charge in [-0.1, -0.05) is 11.8 Å². The van der Waals surface area contributed by atoms with E-state index in [0.717, 1.165) is 10.9 Å². The minimum absolute atomic E-state index is 0.120. The van der Waals surface area contributed by atoms with E-state index in [9.17, 15) is 4.79 Å². The molecule has 7 nitrogen and oxygen atoms in total. The Morgan fingerprint density at radius 1 is 1.55 bits per heavy atom. The third-order valence-electron chi connectivity index (χ3n) is 2.39. The molecule has 0 atom stereocenters. The van der Waals surface area contributed by atoms with E-state index >= 15 is 0 Å². The average molecular weight is 312 g/mol. The van der Waals surface area contributed by atoms with E-state index in [4.69, 9.17) is 5.73 Å². The number of nitrogens with zero attached hydrogens (tertiary/aromatic N) is 4. The maximum absolute atomic E-state index is 10.9.